The highest BCUT2D eigenvalue weighted by molar-refractivity contribution is 5.81. The van der Waals surface area contributed by atoms with E-state index in [-0.39, 0.29) is 6.42 Å². The van der Waals surface area contributed by atoms with Crippen LogP contribution in [0.4, 0.5) is 26.3 Å². The van der Waals surface area contributed by atoms with Gasteiger partial charge in [-0.25, -0.2) is 4.79 Å². The minimum atomic E-state index is -6.21. The maximum absolute atomic E-state index is 12.1. The van der Waals surface area contributed by atoms with Gasteiger partial charge in [0, 0.05) is 0 Å². The molecule has 17 heavy (non-hydrogen) atoms. The predicted octanol–water partition coefficient (Wildman–Crippen LogP) is 1.96. The van der Waals surface area contributed by atoms with Gasteiger partial charge in [-0.05, 0) is 6.42 Å². The van der Waals surface area contributed by atoms with Crippen molar-refractivity contribution >= 4 is 5.97 Å². The lowest BCUT2D eigenvalue weighted by atomic mass is 10.0. The van der Waals surface area contributed by atoms with E-state index < -0.39 is 30.5 Å². The van der Waals surface area contributed by atoms with Crippen LogP contribution in [0.25, 0.3) is 0 Å². The van der Waals surface area contributed by atoms with Gasteiger partial charge in [-0.15, -0.1) is 6.58 Å². The van der Waals surface area contributed by atoms with E-state index in [4.69, 9.17) is 5.11 Å². The summed E-state index contributed by atoms with van der Waals surface area (Å²) in [6.45, 7) is 2.38. The molecule has 0 saturated carbocycles. The largest absolute Gasteiger partial charge is 0.463 e. The Morgan fingerprint density at radius 1 is 1.18 bits per heavy atom. The molecule has 0 fully saturated rings. The molecule has 0 bridgehead atoms. The van der Waals surface area contributed by atoms with Gasteiger partial charge < -0.3 is 9.84 Å². The maximum atomic E-state index is 12.1. The van der Waals surface area contributed by atoms with Gasteiger partial charge in [-0.2, -0.15) is 26.3 Å². The van der Waals surface area contributed by atoms with Crippen LogP contribution in [0, 0.1) is 0 Å². The monoisotopic (exact) mass is 266 g/mol. The summed E-state index contributed by atoms with van der Waals surface area (Å²) in [7, 11) is 0. The van der Waals surface area contributed by atoms with Crippen LogP contribution in [0.2, 0.25) is 0 Å². The summed E-state index contributed by atoms with van der Waals surface area (Å²) in [4.78, 5) is 10.7. The average Bonchev–Trinajstić information content (AvgIpc) is 2.13. The van der Waals surface area contributed by atoms with Crippen molar-refractivity contribution in [3.63, 3.8) is 0 Å². The first kappa shape index (κ1) is 15.8. The number of aliphatic hydroxyl groups is 1. The minimum Gasteiger partial charge on any atom is -0.463 e. The molecule has 0 heterocycles. The number of hydrogen-bond acceptors (Lipinski definition) is 3. The van der Waals surface area contributed by atoms with Crippen molar-refractivity contribution in [1.29, 1.82) is 0 Å². The van der Waals surface area contributed by atoms with Gasteiger partial charge in [0.15, 0.2) is 0 Å². The highest BCUT2D eigenvalue weighted by atomic mass is 19.4. The third-order valence-electron chi connectivity index (χ3n) is 1.67. The van der Waals surface area contributed by atoms with Gasteiger partial charge in [0.1, 0.15) is 0 Å². The molecule has 0 aromatic carbocycles. The number of alkyl halides is 6. The Balaban J connectivity index is 5.09. The van der Waals surface area contributed by atoms with Crippen LogP contribution < -0.4 is 0 Å². The zero-order valence-corrected chi connectivity index (χ0v) is 8.23. The van der Waals surface area contributed by atoms with Gasteiger partial charge >= 0.3 is 23.9 Å². The summed E-state index contributed by atoms with van der Waals surface area (Å²) in [5.41, 5.74) is -5.51. The van der Waals surface area contributed by atoms with Crippen LogP contribution in [0.15, 0.2) is 12.7 Å². The Hall–Kier alpha value is -1.25. The highest BCUT2D eigenvalue weighted by Gasteiger charge is 2.76. The molecule has 0 aliphatic heterocycles. The molecule has 3 nitrogen and oxygen atoms in total. The van der Waals surface area contributed by atoms with E-state index in [0.29, 0.717) is 0 Å². The molecule has 9 heteroatoms. The fourth-order valence-corrected chi connectivity index (χ4v) is 0.732. The molecule has 0 spiro atoms. The second-order valence-electron chi connectivity index (χ2n) is 2.92. The van der Waals surface area contributed by atoms with Crippen molar-refractivity contribution in [3.8, 4) is 0 Å². The van der Waals surface area contributed by atoms with Crippen molar-refractivity contribution in [2.45, 2.75) is 24.4 Å². The number of carbonyl (C=O) groups is 1. The SMILES string of the molecule is C=CCCOC(=O)C(O)(C(F)(F)F)C(F)(F)F. The lowest BCUT2D eigenvalue weighted by molar-refractivity contribution is -0.356. The van der Waals surface area contributed by atoms with Crippen molar-refractivity contribution in [2.24, 2.45) is 0 Å². The first-order valence-electron chi connectivity index (χ1n) is 4.12. The molecule has 0 saturated heterocycles. The van der Waals surface area contributed by atoms with Crippen LogP contribution in [0.5, 0.6) is 0 Å². The molecule has 0 aromatic rings. The molecular weight excluding hydrogens is 258 g/mol. The van der Waals surface area contributed by atoms with E-state index in [1.807, 2.05) is 0 Å². The molecule has 0 aliphatic rings. The topological polar surface area (TPSA) is 46.5 Å². The van der Waals surface area contributed by atoms with Crippen LogP contribution in [0.3, 0.4) is 0 Å². The predicted molar refractivity (Wildman–Crippen MR) is 42.8 cm³/mol. The smallest absolute Gasteiger partial charge is 0.437 e. The van der Waals surface area contributed by atoms with Crippen LogP contribution >= 0.6 is 0 Å². The Kier molecular flexibility index (Phi) is 4.58. The van der Waals surface area contributed by atoms with Crippen LogP contribution in [-0.4, -0.2) is 35.6 Å². The van der Waals surface area contributed by atoms with E-state index in [2.05, 4.69) is 11.3 Å². The van der Waals surface area contributed by atoms with Gasteiger partial charge in [-0.3, -0.25) is 0 Å². The zero-order chi connectivity index (χ0) is 13.9. The Bertz CT molecular complexity index is 279. The third-order valence-corrected chi connectivity index (χ3v) is 1.67. The van der Waals surface area contributed by atoms with Gasteiger partial charge in [0.05, 0.1) is 6.61 Å². The number of ether oxygens (including phenoxy) is 1. The van der Waals surface area contributed by atoms with Gasteiger partial charge in [0.25, 0.3) is 0 Å². The second kappa shape index (κ2) is 4.94. The first-order chi connectivity index (χ1) is 7.48. The standard InChI is InChI=1S/C8H8F6O3/c1-2-3-4-17-5(15)6(16,7(9,10)11)8(12,13)14/h2,16H,1,3-4H2. The molecule has 1 N–H and O–H groups in total. The quantitative estimate of drug-likeness (QED) is 0.366. The number of carbonyl (C=O) groups excluding carboxylic acids is 1. The van der Waals surface area contributed by atoms with E-state index in [9.17, 15) is 31.1 Å². The van der Waals surface area contributed by atoms with E-state index in [1.54, 1.807) is 0 Å². The normalized spacial score (nSPS) is 13.4. The Morgan fingerprint density at radius 3 is 1.88 bits per heavy atom. The summed E-state index contributed by atoms with van der Waals surface area (Å²) in [5.74, 6) is -2.81. The van der Waals surface area contributed by atoms with Crippen LogP contribution in [-0.2, 0) is 9.53 Å². The lowest BCUT2D eigenvalue weighted by Gasteiger charge is -2.29. The molecule has 0 aliphatic carbocycles. The maximum Gasteiger partial charge on any atom is 0.437 e. The van der Waals surface area contributed by atoms with Crippen molar-refractivity contribution in [1.82, 2.24) is 0 Å². The number of esters is 1. The number of rotatable bonds is 4. The lowest BCUT2D eigenvalue weighted by Crippen LogP contribution is -2.63. The van der Waals surface area contributed by atoms with Crippen LogP contribution in [0.1, 0.15) is 6.42 Å². The fourth-order valence-electron chi connectivity index (χ4n) is 0.732. The van der Waals surface area contributed by atoms with E-state index in [0.717, 1.165) is 6.08 Å². The summed E-state index contributed by atoms with van der Waals surface area (Å²) < 4.78 is 76.1. The summed E-state index contributed by atoms with van der Waals surface area (Å²) in [6.07, 6.45) is -11.4. The summed E-state index contributed by atoms with van der Waals surface area (Å²) in [5, 5.41) is 8.50. The molecule has 0 atom stereocenters. The Morgan fingerprint density at radius 2 is 1.59 bits per heavy atom. The van der Waals surface area contributed by atoms with Gasteiger partial charge in [0.2, 0.25) is 0 Å². The first-order valence-corrected chi connectivity index (χ1v) is 4.12. The Labute approximate surface area is 91.7 Å². The van der Waals surface area contributed by atoms with Crippen molar-refractivity contribution in [3.05, 3.63) is 12.7 Å². The third kappa shape index (κ3) is 3.11. The summed E-state index contributed by atoms with van der Waals surface area (Å²) >= 11 is 0. The molecule has 0 unspecified atom stereocenters. The second-order valence-corrected chi connectivity index (χ2v) is 2.92. The summed E-state index contributed by atoms with van der Waals surface area (Å²) in [6, 6.07) is 0. The molecule has 0 amide bonds. The fraction of sp³-hybridized carbons (Fsp3) is 0.625. The molecular formula is C8H8F6O3. The molecule has 0 rings (SSSR count). The number of halogens is 6. The van der Waals surface area contributed by atoms with E-state index in [1.165, 1.54) is 0 Å². The van der Waals surface area contributed by atoms with Gasteiger partial charge in [-0.1, -0.05) is 6.08 Å². The van der Waals surface area contributed by atoms with Crippen molar-refractivity contribution in [2.75, 3.05) is 6.61 Å². The molecule has 100 valence electrons. The zero-order valence-electron chi connectivity index (χ0n) is 8.23. The van der Waals surface area contributed by atoms with Crippen molar-refractivity contribution < 1.29 is 41.0 Å². The molecule has 0 radical (unpaired) electrons. The molecule has 0 aromatic heterocycles. The van der Waals surface area contributed by atoms with E-state index >= 15 is 0 Å². The highest BCUT2D eigenvalue weighted by Crippen LogP contribution is 2.43. The average molecular weight is 266 g/mol. The number of hydrogen-bond donors (Lipinski definition) is 1. The minimum absolute atomic E-state index is 0.141.